The van der Waals surface area contributed by atoms with Crippen molar-refractivity contribution in [1.82, 2.24) is 14.5 Å². The normalized spacial score (nSPS) is 21.8. The summed E-state index contributed by atoms with van der Waals surface area (Å²) in [4.78, 5) is 11.7. The van der Waals surface area contributed by atoms with Crippen LogP contribution >= 0.6 is 11.6 Å². The first-order valence-electron chi connectivity index (χ1n) is 10.2. The molecule has 1 N–H and O–H groups in total. The fourth-order valence-electron chi connectivity index (χ4n) is 4.67. The summed E-state index contributed by atoms with van der Waals surface area (Å²) in [5, 5.41) is 10.5. The average Bonchev–Trinajstić information content (AvgIpc) is 3.06. The Morgan fingerprint density at radius 1 is 1.21 bits per heavy atom. The van der Waals surface area contributed by atoms with E-state index in [0.717, 1.165) is 73.4 Å². The van der Waals surface area contributed by atoms with Gasteiger partial charge in [-0.1, -0.05) is 23.7 Å². The number of aliphatic hydroxyl groups excluding tert-OH is 1. The molecule has 7 heteroatoms. The summed E-state index contributed by atoms with van der Waals surface area (Å²) in [6, 6.07) is 10.1. The highest BCUT2D eigenvalue weighted by molar-refractivity contribution is 6.33. The number of fused-ring (bicyclic) bond motifs is 1. The molecule has 2 aliphatic rings. The van der Waals surface area contributed by atoms with Crippen molar-refractivity contribution >= 4 is 28.5 Å². The summed E-state index contributed by atoms with van der Waals surface area (Å²) in [5.41, 5.74) is 2.73. The Morgan fingerprint density at radius 2 is 2.00 bits per heavy atom. The number of pyridine rings is 1. The van der Waals surface area contributed by atoms with E-state index in [-0.39, 0.29) is 5.60 Å². The van der Waals surface area contributed by atoms with Crippen molar-refractivity contribution in [3.63, 3.8) is 0 Å². The summed E-state index contributed by atoms with van der Waals surface area (Å²) in [6.07, 6.45) is 5.69. The van der Waals surface area contributed by atoms with Gasteiger partial charge in [-0.3, -0.25) is 0 Å². The maximum Gasteiger partial charge on any atom is 0.155 e. The largest absolute Gasteiger partial charge is 0.368 e. The minimum absolute atomic E-state index is 0.180. The van der Waals surface area contributed by atoms with Gasteiger partial charge in [-0.2, -0.15) is 0 Å². The number of anilines is 1. The highest BCUT2D eigenvalue weighted by Crippen LogP contribution is 2.38. The molecule has 29 heavy (non-hydrogen) atoms. The molecule has 1 aromatic carbocycles. The molecule has 0 aliphatic carbocycles. The van der Waals surface area contributed by atoms with Gasteiger partial charge in [-0.15, -0.1) is 0 Å². The summed E-state index contributed by atoms with van der Waals surface area (Å²) >= 11 is 6.52. The van der Waals surface area contributed by atoms with E-state index in [1.165, 1.54) is 0 Å². The first-order valence-corrected chi connectivity index (χ1v) is 10.6. The van der Waals surface area contributed by atoms with E-state index in [9.17, 15) is 5.11 Å². The maximum absolute atomic E-state index is 9.92. The number of aromatic nitrogens is 3. The number of ether oxygens (including phenoxy) is 1. The number of benzene rings is 1. The lowest BCUT2D eigenvalue weighted by molar-refractivity contribution is -0.220. The van der Waals surface area contributed by atoms with Crippen LogP contribution in [0.1, 0.15) is 32.1 Å². The van der Waals surface area contributed by atoms with E-state index in [4.69, 9.17) is 21.3 Å². The van der Waals surface area contributed by atoms with Gasteiger partial charge >= 0.3 is 0 Å². The summed E-state index contributed by atoms with van der Waals surface area (Å²) in [6.45, 7) is 1.70. The second kappa shape index (κ2) is 7.27. The molecule has 2 fully saturated rings. The average molecular weight is 413 g/mol. The van der Waals surface area contributed by atoms with Crippen molar-refractivity contribution in [1.29, 1.82) is 0 Å². The quantitative estimate of drug-likeness (QED) is 0.685. The van der Waals surface area contributed by atoms with Gasteiger partial charge in [0.2, 0.25) is 0 Å². The zero-order valence-corrected chi connectivity index (χ0v) is 17.3. The number of nitrogens with zero attached hydrogens (tertiary/aromatic N) is 4. The van der Waals surface area contributed by atoms with E-state index in [2.05, 4.69) is 20.5 Å². The fourth-order valence-corrected chi connectivity index (χ4v) is 4.86. The predicted octanol–water partition coefficient (Wildman–Crippen LogP) is 4.15. The third kappa shape index (κ3) is 3.39. The van der Waals surface area contributed by atoms with E-state index in [1.807, 2.05) is 31.3 Å². The molecule has 4 heterocycles. The molecule has 1 unspecified atom stereocenters. The van der Waals surface area contributed by atoms with E-state index >= 15 is 0 Å². The van der Waals surface area contributed by atoms with Crippen LogP contribution < -0.4 is 4.90 Å². The molecule has 3 aromatic rings. The molecule has 0 bridgehead atoms. The van der Waals surface area contributed by atoms with Crippen LogP contribution in [0.15, 0.2) is 36.5 Å². The van der Waals surface area contributed by atoms with Gasteiger partial charge in [0.1, 0.15) is 11.6 Å². The lowest BCUT2D eigenvalue weighted by atomic mass is 9.84. The highest BCUT2D eigenvalue weighted by atomic mass is 35.5. The van der Waals surface area contributed by atoms with Crippen LogP contribution in [0.4, 0.5) is 5.82 Å². The lowest BCUT2D eigenvalue weighted by Crippen LogP contribution is -2.50. The molecule has 0 saturated carbocycles. The number of aliphatic hydroxyl groups is 1. The van der Waals surface area contributed by atoms with E-state index < -0.39 is 6.29 Å². The number of piperidine rings is 1. The second-order valence-corrected chi connectivity index (χ2v) is 8.55. The Balaban J connectivity index is 1.42. The first-order chi connectivity index (χ1) is 14.0. The van der Waals surface area contributed by atoms with Crippen molar-refractivity contribution in [3.8, 4) is 11.4 Å². The molecule has 2 saturated heterocycles. The third-order valence-corrected chi connectivity index (χ3v) is 6.64. The zero-order valence-electron chi connectivity index (χ0n) is 16.5. The van der Waals surface area contributed by atoms with Gasteiger partial charge in [0.15, 0.2) is 6.29 Å². The summed E-state index contributed by atoms with van der Waals surface area (Å²) < 4.78 is 8.01. The highest BCUT2D eigenvalue weighted by Gasteiger charge is 2.40. The minimum Gasteiger partial charge on any atom is -0.368 e. The van der Waals surface area contributed by atoms with Crippen LogP contribution in [0.5, 0.6) is 0 Å². The Bertz CT molecular complexity index is 1040. The molecule has 0 radical (unpaired) electrons. The molecule has 2 aliphatic heterocycles. The molecule has 1 atom stereocenters. The van der Waals surface area contributed by atoms with Gasteiger partial charge in [0.05, 0.1) is 21.7 Å². The fraction of sp³-hybridized carbons (Fsp3) is 0.455. The number of aryl methyl sites for hydroxylation is 1. The molecular weight excluding hydrogens is 388 g/mol. The topological polar surface area (TPSA) is 63.4 Å². The number of halogens is 1. The Morgan fingerprint density at radius 3 is 2.76 bits per heavy atom. The van der Waals surface area contributed by atoms with Gasteiger partial charge in [0.25, 0.3) is 0 Å². The van der Waals surface area contributed by atoms with Crippen molar-refractivity contribution in [2.75, 3.05) is 18.0 Å². The van der Waals surface area contributed by atoms with Crippen molar-refractivity contribution in [3.05, 3.63) is 41.6 Å². The SMILES string of the molecule is Cn1c(-c2cc(N3CCC4(CCCC(O)O4)CC3)ncc2Cl)nc2ccccc21. The second-order valence-electron chi connectivity index (χ2n) is 8.14. The standard InChI is InChI=1S/C22H25ClN4O2/c1-26-18-6-3-2-5-17(18)25-21(26)15-13-19(24-14-16(15)23)27-11-9-22(10-12-27)8-4-7-20(28)29-22/h2-3,5-6,13-14,20,28H,4,7-12H2,1H3. The van der Waals surface area contributed by atoms with Gasteiger partial charge in [0, 0.05) is 31.9 Å². The molecule has 2 aromatic heterocycles. The van der Waals surface area contributed by atoms with Crippen LogP contribution in [-0.4, -0.2) is 44.6 Å². The van der Waals surface area contributed by atoms with Crippen molar-refractivity contribution in [2.45, 2.75) is 44.0 Å². The number of hydrogen-bond acceptors (Lipinski definition) is 5. The van der Waals surface area contributed by atoms with Gasteiger partial charge in [-0.25, -0.2) is 9.97 Å². The van der Waals surface area contributed by atoms with E-state index in [1.54, 1.807) is 6.20 Å². The number of hydrogen-bond donors (Lipinski definition) is 1. The summed E-state index contributed by atoms with van der Waals surface area (Å²) in [5.74, 6) is 1.75. The minimum atomic E-state index is -0.617. The molecule has 1 spiro atoms. The molecular formula is C22H25ClN4O2. The number of rotatable bonds is 2. The zero-order chi connectivity index (χ0) is 20.0. The molecule has 152 valence electrons. The van der Waals surface area contributed by atoms with Crippen LogP contribution in [-0.2, 0) is 11.8 Å². The first kappa shape index (κ1) is 18.9. The third-order valence-electron chi connectivity index (χ3n) is 6.34. The Kier molecular flexibility index (Phi) is 4.73. The summed E-state index contributed by atoms with van der Waals surface area (Å²) in [7, 11) is 2.01. The smallest absolute Gasteiger partial charge is 0.155 e. The Labute approximate surface area is 175 Å². The lowest BCUT2D eigenvalue weighted by Gasteiger charge is -2.45. The van der Waals surface area contributed by atoms with Crippen molar-refractivity contribution < 1.29 is 9.84 Å². The number of imidazole rings is 1. The monoisotopic (exact) mass is 412 g/mol. The van der Waals surface area contributed by atoms with Crippen LogP contribution in [0.25, 0.3) is 22.4 Å². The van der Waals surface area contributed by atoms with Gasteiger partial charge < -0.3 is 19.3 Å². The van der Waals surface area contributed by atoms with Crippen LogP contribution in [0.2, 0.25) is 5.02 Å². The predicted molar refractivity (Wildman–Crippen MR) is 114 cm³/mol. The van der Waals surface area contributed by atoms with Gasteiger partial charge in [-0.05, 0) is 50.3 Å². The maximum atomic E-state index is 9.92. The number of para-hydroxylation sites is 2. The molecule has 6 nitrogen and oxygen atoms in total. The molecule has 5 rings (SSSR count). The van der Waals surface area contributed by atoms with Crippen LogP contribution in [0.3, 0.4) is 0 Å². The Hall–Kier alpha value is -2.15. The van der Waals surface area contributed by atoms with Crippen LogP contribution in [0, 0.1) is 0 Å². The van der Waals surface area contributed by atoms with E-state index in [0.29, 0.717) is 5.02 Å². The van der Waals surface area contributed by atoms with Crippen molar-refractivity contribution in [2.24, 2.45) is 7.05 Å². The molecule has 0 amide bonds.